The number of unbranched alkanes of at least 4 members (excludes halogenated alkanes) is 24. The number of carboxylic acids is 4. The zero-order valence-electron chi connectivity index (χ0n) is 32.3. The van der Waals surface area contributed by atoms with E-state index in [0.29, 0.717) is 0 Å². The molecule has 8 nitrogen and oxygen atoms in total. The average Bonchev–Trinajstić information content (AvgIpc) is 3.02. The molecule has 0 heterocycles. The number of hydrogen-bond donors (Lipinski definition) is 2. The standard InChI is InChI=1S/2C16H32O2.2C4H6O2.Mg/c2*1-2-3-4-5-6-7-8-9-10-11-12-13-14-15-16(17)18;2*1-3(2)4(5)6;/h2*2-15H2,1H3,(H,17,18);2*1H2,2H3,(H,5,6);/q;;;;+2/p-2. The zero-order chi connectivity index (χ0) is 37.3. The predicted molar refractivity (Wildman–Crippen MR) is 201 cm³/mol. The van der Waals surface area contributed by atoms with Gasteiger partial charge in [-0.05, 0) is 39.5 Å². The summed E-state index contributed by atoms with van der Waals surface area (Å²) in [7, 11) is 0. The van der Waals surface area contributed by atoms with E-state index < -0.39 is 23.9 Å². The van der Waals surface area contributed by atoms with Gasteiger partial charge in [0.2, 0.25) is 0 Å². The molecule has 0 aliphatic carbocycles. The molecule has 0 amide bonds. The van der Waals surface area contributed by atoms with Crippen molar-refractivity contribution in [3.63, 3.8) is 0 Å². The van der Waals surface area contributed by atoms with Crippen LogP contribution >= 0.6 is 0 Å². The van der Waals surface area contributed by atoms with Gasteiger partial charge in [-0.15, -0.1) is 0 Å². The molecule has 0 aliphatic rings. The maximum absolute atomic E-state index is 10.2. The van der Waals surface area contributed by atoms with E-state index in [4.69, 9.17) is 10.2 Å². The van der Waals surface area contributed by atoms with E-state index in [1.165, 1.54) is 155 Å². The van der Waals surface area contributed by atoms with Crippen molar-refractivity contribution in [2.75, 3.05) is 0 Å². The Hall–Kier alpha value is -1.87. The summed E-state index contributed by atoms with van der Waals surface area (Å²) in [4.78, 5) is 39.6. The van der Waals surface area contributed by atoms with Crippen molar-refractivity contribution in [1.82, 2.24) is 0 Å². The van der Waals surface area contributed by atoms with Gasteiger partial charge in [0.25, 0.3) is 0 Å². The average molecular weight is 707 g/mol. The monoisotopic (exact) mass is 707 g/mol. The Bertz CT molecular complexity index is 694. The molecule has 0 unspecified atom stereocenters. The van der Waals surface area contributed by atoms with Gasteiger partial charge in [-0.1, -0.05) is 181 Å². The van der Waals surface area contributed by atoms with Crippen molar-refractivity contribution < 1.29 is 39.6 Å². The molecule has 49 heavy (non-hydrogen) atoms. The van der Waals surface area contributed by atoms with Crippen LogP contribution in [0.2, 0.25) is 0 Å². The summed E-state index contributed by atoms with van der Waals surface area (Å²) in [6, 6.07) is 0. The summed E-state index contributed by atoms with van der Waals surface area (Å²) in [6.07, 6.45) is 33.9. The Morgan fingerprint density at radius 3 is 0.673 bits per heavy atom. The Morgan fingerprint density at radius 2 is 0.551 bits per heavy atom. The van der Waals surface area contributed by atoms with Crippen molar-refractivity contribution in [2.45, 2.75) is 207 Å². The number of aliphatic carboxylic acids is 4. The van der Waals surface area contributed by atoms with Crippen LogP contribution in [0.4, 0.5) is 0 Å². The first-order valence-corrected chi connectivity index (χ1v) is 19.0. The van der Waals surface area contributed by atoms with Gasteiger partial charge in [-0.2, -0.15) is 0 Å². The third kappa shape index (κ3) is 68.8. The molecule has 0 aliphatic heterocycles. The number of rotatable bonds is 30. The van der Waals surface area contributed by atoms with Gasteiger partial charge in [0.1, 0.15) is 0 Å². The van der Waals surface area contributed by atoms with E-state index in [2.05, 4.69) is 27.0 Å². The number of carbonyl (C=O) groups excluding carboxylic acids is 2. The van der Waals surface area contributed by atoms with Crippen molar-refractivity contribution in [3.05, 3.63) is 24.3 Å². The molecular weight excluding hydrogens is 633 g/mol. The second-order valence-corrected chi connectivity index (χ2v) is 12.9. The molecule has 0 aromatic heterocycles. The fourth-order valence-corrected chi connectivity index (χ4v) is 4.57. The van der Waals surface area contributed by atoms with E-state index in [0.717, 1.165) is 25.7 Å². The van der Waals surface area contributed by atoms with Crippen molar-refractivity contribution >= 4 is 46.9 Å². The summed E-state index contributed by atoms with van der Waals surface area (Å²) < 4.78 is 0. The van der Waals surface area contributed by atoms with Crippen LogP contribution in [0.1, 0.15) is 207 Å². The molecule has 0 saturated carbocycles. The van der Waals surface area contributed by atoms with E-state index in [1.54, 1.807) is 0 Å². The molecule has 0 bridgehead atoms. The van der Waals surface area contributed by atoms with Crippen molar-refractivity contribution in [3.8, 4) is 0 Å². The Balaban J connectivity index is -0.000000195. The van der Waals surface area contributed by atoms with E-state index in [1.807, 2.05) is 0 Å². The van der Waals surface area contributed by atoms with Crippen LogP contribution in [-0.4, -0.2) is 57.1 Å². The fourth-order valence-electron chi connectivity index (χ4n) is 4.57. The predicted octanol–water partition coefficient (Wildman–Crippen LogP) is 9.35. The summed E-state index contributed by atoms with van der Waals surface area (Å²) in [5.41, 5.74) is 0.352. The number of carbonyl (C=O) groups is 4. The van der Waals surface area contributed by atoms with Crippen LogP contribution in [0.15, 0.2) is 24.3 Å². The van der Waals surface area contributed by atoms with Gasteiger partial charge in [0.15, 0.2) is 0 Å². The van der Waals surface area contributed by atoms with Crippen LogP contribution in [0.3, 0.4) is 0 Å². The molecule has 0 aromatic rings. The van der Waals surface area contributed by atoms with E-state index >= 15 is 0 Å². The molecule has 0 saturated heterocycles. The third-order valence-corrected chi connectivity index (χ3v) is 7.70. The first kappa shape index (κ1) is 56.5. The molecule has 0 fully saturated rings. The Kier molecular flexibility index (Phi) is 55.6. The summed E-state index contributed by atoms with van der Waals surface area (Å²) >= 11 is 0. The van der Waals surface area contributed by atoms with E-state index in [-0.39, 0.29) is 47.0 Å². The maximum atomic E-state index is 10.2. The molecule has 0 aromatic carbocycles. The van der Waals surface area contributed by atoms with Crippen LogP contribution in [0.5, 0.6) is 0 Å². The molecule has 2 N–H and O–H groups in total. The quantitative estimate of drug-likeness (QED) is 0.0425. The summed E-state index contributed by atoms with van der Waals surface area (Å²) in [5, 5.41) is 36.2. The maximum Gasteiger partial charge on any atom is 2.00 e. The largest absolute Gasteiger partial charge is 2.00 e. The molecule has 9 heteroatoms. The number of carboxylic acid groups (broad SMARTS) is 4. The van der Waals surface area contributed by atoms with E-state index in [9.17, 15) is 29.4 Å². The van der Waals surface area contributed by atoms with Gasteiger partial charge in [-0.3, -0.25) is 0 Å². The molecule has 0 spiro atoms. The summed E-state index contributed by atoms with van der Waals surface area (Å²) in [5.74, 6) is -3.68. The van der Waals surface area contributed by atoms with Gasteiger partial charge in [0.05, 0.1) is 0 Å². The zero-order valence-corrected chi connectivity index (χ0v) is 33.7. The van der Waals surface area contributed by atoms with Crippen LogP contribution in [-0.2, 0) is 19.2 Å². The van der Waals surface area contributed by atoms with Crippen LogP contribution in [0.25, 0.3) is 0 Å². The molecule has 284 valence electrons. The SMILES string of the molecule is C=C(C)C(=O)O.C=C(C)C(=O)O.CCCCCCCCCCCCCCCC(=O)[O-].CCCCCCCCCCCCCCCC(=O)[O-].[Mg+2]. The topological polar surface area (TPSA) is 155 Å². The fraction of sp³-hybridized carbons (Fsp3) is 0.800. The van der Waals surface area contributed by atoms with Gasteiger partial charge < -0.3 is 30.0 Å². The third-order valence-electron chi connectivity index (χ3n) is 7.70. The molecule has 0 rings (SSSR count). The smallest absolute Gasteiger partial charge is 0.550 e. The normalized spacial score (nSPS) is 9.71. The van der Waals surface area contributed by atoms with Gasteiger partial charge >= 0.3 is 35.0 Å². The second kappa shape index (κ2) is 48.2. The minimum Gasteiger partial charge on any atom is -0.550 e. The minimum absolute atomic E-state index is 0. The minimum atomic E-state index is -0.935. The Morgan fingerprint density at radius 1 is 0.408 bits per heavy atom. The molecular formula is C40H74MgO8. The van der Waals surface area contributed by atoms with Crippen molar-refractivity contribution in [2.24, 2.45) is 0 Å². The second-order valence-electron chi connectivity index (χ2n) is 12.9. The first-order chi connectivity index (χ1) is 22.8. The van der Waals surface area contributed by atoms with Gasteiger partial charge in [-0.25, -0.2) is 9.59 Å². The van der Waals surface area contributed by atoms with Crippen LogP contribution < -0.4 is 10.2 Å². The summed E-state index contributed by atoms with van der Waals surface area (Å²) in [6.45, 7) is 13.7. The molecule has 0 atom stereocenters. The van der Waals surface area contributed by atoms with Crippen molar-refractivity contribution in [1.29, 1.82) is 0 Å². The van der Waals surface area contributed by atoms with Crippen LogP contribution in [0, 0.1) is 0 Å². The van der Waals surface area contributed by atoms with Gasteiger partial charge in [0, 0.05) is 23.1 Å². The first-order valence-electron chi connectivity index (χ1n) is 19.0. The number of hydrogen-bond acceptors (Lipinski definition) is 6. The Labute approximate surface area is 317 Å². The molecule has 0 radical (unpaired) electrons.